The molecule has 0 unspecified atom stereocenters. The molecule has 0 aliphatic rings. The Kier molecular flexibility index (Phi) is 1.81. The van der Waals surface area contributed by atoms with Crippen molar-refractivity contribution in [3.8, 4) is 11.4 Å². The van der Waals surface area contributed by atoms with Crippen LogP contribution in [0, 0.1) is 6.92 Å². The lowest BCUT2D eigenvalue weighted by molar-refractivity contribution is 0.764. The molecule has 0 aromatic carbocycles. The first kappa shape index (κ1) is 8.25. The van der Waals surface area contributed by atoms with E-state index in [1.54, 1.807) is 4.68 Å². The van der Waals surface area contributed by atoms with E-state index >= 15 is 0 Å². The standard InChI is InChI=1S/C8H10N4S/c1-5-10-8(12(2)11-5)6-3-4-13-7(6)9/h3-4H,9H2,1-2H3. The molecule has 0 radical (unpaired) electrons. The smallest absolute Gasteiger partial charge is 0.161 e. The fraction of sp³-hybridized carbons (Fsp3) is 0.250. The van der Waals surface area contributed by atoms with Gasteiger partial charge in [-0.15, -0.1) is 11.3 Å². The molecular weight excluding hydrogens is 184 g/mol. The maximum Gasteiger partial charge on any atom is 0.161 e. The number of hydrogen-bond acceptors (Lipinski definition) is 4. The number of rotatable bonds is 1. The third-order valence-electron chi connectivity index (χ3n) is 1.81. The summed E-state index contributed by atoms with van der Waals surface area (Å²) in [5.74, 6) is 1.60. The van der Waals surface area contributed by atoms with Gasteiger partial charge < -0.3 is 5.73 Å². The van der Waals surface area contributed by atoms with Crippen molar-refractivity contribution in [2.75, 3.05) is 5.73 Å². The van der Waals surface area contributed by atoms with Gasteiger partial charge in [0.2, 0.25) is 0 Å². The van der Waals surface area contributed by atoms with Gasteiger partial charge in [-0.3, -0.25) is 0 Å². The minimum absolute atomic E-state index is 0.767. The van der Waals surface area contributed by atoms with Crippen molar-refractivity contribution in [1.82, 2.24) is 14.8 Å². The molecule has 0 saturated carbocycles. The molecule has 0 bridgehead atoms. The van der Waals surface area contributed by atoms with E-state index in [2.05, 4.69) is 10.1 Å². The van der Waals surface area contributed by atoms with Gasteiger partial charge in [-0.2, -0.15) is 5.10 Å². The SMILES string of the molecule is Cc1nc(-c2ccsc2N)n(C)n1. The van der Waals surface area contributed by atoms with E-state index in [0.29, 0.717) is 0 Å². The van der Waals surface area contributed by atoms with Gasteiger partial charge in [0.25, 0.3) is 0 Å². The van der Waals surface area contributed by atoms with Gasteiger partial charge in [-0.05, 0) is 18.4 Å². The Balaban J connectivity index is 2.58. The molecule has 0 atom stereocenters. The molecule has 0 fully saturated rings. The van der Waals surface area contributed by atoms with E-state index in [4.69, 9.17) is 5.73 Å². The third-order valence-corrected chi connectivity index (χ3v) is 2.55. The number of nitrogens with zero attached hydrogens (tertiary/aromatic N) is 3. The predicted molar refractivity (Wildman–Crippen MR) is 53.5 cm³/mol. The molecule has 0 amide bonds. The molecule has 0 spiro atoms. The first-order valence-electron chi connectivity index (χ1n) is 3.89. The van der Waals surface area contributed by atoms with E-state index in [0.717, 1.165) is 22.2 Å². The number of nitrogens with two attached hydrogens (primary N) is 1. The lowest BCUT2D eigenvalue weighted by atomic mass is 10.3. The maximum absolute atomic E-state index is 5.79. The monoisotopic (exact) mass is 194 g/mol. The van der Waals surface area contributed by atoms with Crippen molar-refractivity contribution >= 4 is 16.3 Å². The number of nitrogen functional groups attached to an aromatic ring is 1. The quantitative estimate of drug-likeness (QED) is 0.747. The van der Waals surface area contributed by atoms with Crippen molar-refractivity contribution in [3.05, 3.63) is 17.3 Å². The predicted octanol–water partition coefficient (Wildman–Crippen LogP) is 1.43. The first-order valence-corrected chi connectivity index (χ1v) is 4.77. The highest BCUT2D eigenvalue weighted by Gasteiger charge is 2.10. The van der Waals surface area contributed by atoms with Gasteiger partial charge in [0.05, 0.1) is 10.6 Å². The molecule has 4 nitrogen and oxygen atoms in total. The highest BCUT2D eigenvalue weighted by Crippen LogP contribution is 2.28. The number of anilines is 1. The lowest BCUT2D eigenvalue weighted by Crippen LogP contribution is -1.95. The van der Waals surface area contributed by atoms with Crippen LogP contribution in [-0.4, -0.2) is 14.8 Å². The average molecular weight is 194 g/mol. The first-order chi connectivity index (χ1) is 6.18. The second kappa shape index (κ2) is 2.85. The van der Waals surface area contributed by atoms with E-state index < -0.39 is 0 Å². The molecule has 2 aromatic heterocycles. The van der Waals surface area contributed by atoms with Gasteiger partial charge in [0, 0.05) is 7.05 Å². The van der Waals surface area contributed by atoms with E-state index in [1.807, 2.05) is 25.4 Å². The molecule has 0 aliphatic heterocycles. The van der Waals surface area contributed by atoms with E-state index in [-0.39, 0.29) is 0 Å². The highest BCUT2D eigenvalue weighted by atomic mass is 32.1. The van der Waals surface area contributed by atoms with Crippen LogP contribution in [0.5, 0.6) is 0 Å². The summed E-state index contributed by atoms with van der Waals surface area (Å²) in [4.78, 5) is 4.29. The van der Waals surface area contributed by atoms with Crippen LogP contribution < -0.4 is 5.73 Å². The Morgan fingerprint density at radius 3 is 2.77 bits per heavy atom. The molecule has 68 valence electrons. The van der Waals surface area contributed by atoms with Gasteiger partial charge in [-0.25, -0.2) is 9.67 Å². The van der Waals surface area contributed by atoms with Crippen molar-refractivity contribution in [3.63, 3.8) is 0 Å². The van der Waals surface area contributed by atoms with Gasteiger partial charge in [0.15, 0.2) is 5.82 Å². The minimum Gasteiger partial charge on any atom is -0.390 e. The Morgan fingerprint density at radius 1 is 1.54 bits per heavy atom. The zero-order valence-electron chi connectivity index (χ0n) is 7.48. The highest BCUT2D eigenvalue weighted by molar-refractivity contribution is 7.14. The molecule has 2 N–H and O–H groups in total. The van der Waals surface area contributed by atoms with Crippen LogP contribution in [0.3, 0.4) is 0 Å². The molecule has 13 heavy (non-hydrogen) atoms. The molecule has 5 heteroatoms. The van der Waals surface area contributed by atoms with Crippen molar-refractivity contribution in [2.24, 2.45) is 7.05 Å². The molecule has 0 saturated heterocycles. The Morgan fingerprint density at radius 2 is 2.31 bits per heavy atom. The number of aromatic nitrogens is 3. The summed E-state index contributed by atoms with van der Waals surface area (Å²) in [6, 6.07) is 1.96. The van der Waals surface area contributed by atoms with Crippen LogP contribution in [0.2, 0.25) is 0 Å². The molecule has 2 rings (SSSR count). The van der Waals surface area contributed by atoms with Crippen LogP contribution >= 0.6 is 11.3 Å². The number of hydrogen-bond donors (Lipinski definition) is 1. The largest absolute Gasteiger partial charge is 0.390 e. The Hall–Kier alpha value is -1.36. The molecule has 2 aromatic rings. The summed E-state index contributed by atoms with van der Waals surface area (Å²) in [6.07, 6.45) is 0. The second-order valence-electron chi connectivity index (χ2n) is 2.80. The minimum atomic E-state index is 0.767. The lowest BCUT2D eigenvalue weighted by Gasteiger charge is -1.96. The van der Waals surface area contributed by atoms with Gasteiger partial charge in [-0.1, -0.05) is 0 Å². The zero-order chi connectivity index (χ0) is 9.42. The van der Waals surface area contributed by atoms with E-state index in [1.165, 1.54) is 11.3 Å². The fourth-order valence-electron chi connectivity index (χ4n) is 1.25. The molecule has 2 heterocycles. The third kappa shape index (κ3) is 1.31. The van der Waals surface area contributed by atoms with Gasteiger partial charge >= 0.3 is 0 Å². The summed E-state index contributed by atoms with van der Waals surface area (Å²) in [5.41, 5.74) is 6.75. The van der Waals surface area contributed by atoms with Crippen LogP contribution in [0.4, 0.5) is 5.00 Å². The summed E-state index contributed by atoms with van der Waals surface area (Å²) in [6.45, 7) is 1.87. The summed E-state index contributed by atoms with van der Waals surface area (Å²) >= 11 is 1.51. The summed E-state index contributed by atoms with van der Waals surface area (Å²) < 4.78 is 1.74. The molecule has 0 aliphatic carbocycles. The van der Waals surface area contributed by atoms with Crippen molar-refractivity contribution in [2.45, 2.75) is 6.92 Å². The fourth-order valence-corrected chi connectivity index (χ4v) is 1.89. The Labute approximate surface area is 80.0 Å². The Bertz CT molecular complexity index is 429. The number of thiophene rings is 1. The van der Waals surface area contributed by atoms with Crippen LogP contribution in [0.15, 0.2) is 11.4 Å². The summed E-state index contributed by atoms with van der Waals surface area (Å²) in [5, 5.41) is 6.90. The van der Waals surface area contributed by atoms with Crippen molar-refractivity contribution in [1.29, 1.82) is 0 Å². The zero-order valence-corrected chi connectivity index (χ0v) is 8.30. The normalized spacial score (nSPS) is 10.6. The van der Waals surface area contributed by atoms with Crippen LogP contribution in [-0.2, 0) is 7.05 Å². The summed E-state index contributed by atoms with van der Waals surface area (Å²) in [7, 11) is 1.87. The van der Waals surface area contributed by atoms with Crippen LogP contribution in [0.25, 0.3) is 11.4 Å². The second-order valence-corrected chi connectivity index (χ2v) is 3.75. The molecular formula is C8H10N4S. The van der Waals surface area contributed by atoms with Crippen LogP contribution in [0.1, 0.15) is 5.82 Å². The maximum atomic E-state index is 5.79. The average Bonchev–Trinajstić information content (AvgIpc) is 2.58. The topological polar surface area (TPSA) is 56.7 Å². The van der Waals surface area contributed by atoms with Gasteiger partial charge in [0.1, 0.15) is 5.82 Å². The van der Waals surface area contributed by atoms with Crippen molar-refractivity contribution < 1.29 is 0 Å². The number of aryl methyl sites for hydroxylation is 2. The van der Waals surface area contributed by atoms with E-state index in [9.17, 15) is 0 Å².